The standard InChI is InChI=1S/C50H96N16O13/c1-10-29(6)39(48(76)61-32(17-12-14-20-52)44(72)66-40(30(7)67)49(77)63-35(23-28(4)5)46(74)64-36(25-78-8)41(54)69)65-43(71)33(18-15-21-57-50(55)56)59-42(70)31(16-11-13-19-51)60-45(73)34(22-27(2)3)62-47(75)37(26-79-9)58-38(68)24-53/h27-37,39-40,67H,10-26,51-53H2,1-9H3,(H2,54,69)(H,58,68)(H,59,70)(H,60,73)(H,61,76)(H,62,75)(H,63,77)(H,64,74)(H,65,71)(H,66,72)(H4,55,56,57)/t29-,30+,31-,32-,33-,34-,35-,36-,37-,39-,40-/m0/s1. The number of methoxy groups -OCH3 is 2. The molecule has 79 heavy (non-hydrogen) atoms. The van der Waals surface area contributed by atoms with Gasteiger partial charge in [-0.1, -0.05) is 48.0 Å². The average Bonchev–Trinajstić information content (AvgIpc) is 3.37. The lowest BCUT2D eigenvalue weighted by atomic mass is 9.96. The highest BCUT2D eigenvalue weighted by Gasteiger charge is 2.37. The first kappa shape index (κ1) is 72.7. The van der Waals surface area contributed by atoms with Gasteiger partial charge in [0.2, 0.25) is 59.1 Å². The molecule has 22 N–H and O–H groups in total. The molecule has 0 fully saturated rings. The average molecular weight is 1130 g/mol. The number of primary amides is 1. The first-order valence-electron chi connectivity index (χ1n) is 27.0. The van der Waals surface area contributed by atoms with Crippen LogP contribution in [0.15, 0.2) is 4.99 Å². The largest absolute Gasteiger partial charge is 0.391 e. The lowest BCUT2D eigenvalue weighted by Gasteiger charge is -2.30. The predicted octanol–water partition coefficient (Wildman–Crippen LogP) is -5.08. The molecule has 0 aliphatic carbocycles. The number of rotatable bonds is 42. The van der Waals surface area contributed by atoms with Crippen molar-refractivity contribution in [2.24, 2.45) is 57.1 Å². The molecule has 11 atom stereocenters. The van der Waals surface area contributed by atoms with Gasteiger partial charge >= 0.3 is 0 Å². The zero-order chi connectivity index (χ0) is 60.4. The van der Waals surface area contributed by atoms with E-state index in [9.17, 15) is 53.1 Å². The van der Waals surface area contributed by atoms with Gasteiger partial charge in [0, 0.05) is 20.8 Å². The van der Waals surface area contributed by atoms with Crippen LogP contribution in [0.5, 0.6) is 0 Å². The van der Waals surface area contributed by atoms with Gasteiger partial charge in [0.15, 0.2) is 5.96 Å². The molecule has 0 saturated carbocycles. The summed E-state index contributed by atoms with van der Waals surface area (Å²) in [7, 11) is 2.63. The lowest BCUT2D eigenvalue weighted by molar-refractivity contribution is -0.137. The molecule has 0 spiro atoms. The van der Waals surface area contributed by atoms with E-state index in [0.29, 0.717) is 32.1 Å². The normalized spacial score (nSPS) is 15.4. The van der Waals surface area contributed by atoms with Crippen LogP contribution in [-0.4, -0.2) is 184 Å². The second-order valence-corrected chi connectivity index (χ2v) is 20.4. The third-order valence-electron chi connectivity index (χ3n) is 12.4. The number of carbonyl (C=O) groups excluding carboxylic acids is 10. The van der Waals surface area contributed by atoms with Crippen molar-refractivity contribution in [2.75, 3.05) is 53.6 Å². The number of amides is 10. The number of aliphatic hydroxyl groups excluding tert-OH is 1. The fourth-order valence-corrected chi connectivity index (χ4v) is 7.89. The number of carbonyl (C=O) groups is 10. The van der Waals surface area contributed by atoms with Crippen molar-refractivity contribution in [1.82, 2.24) is 47.9 Å². The number of hydrogen-bond acceptors (Lipinski definition) is 17. The third-order valence-corrected chi connectivity index (χ3v) is 12.4. The second-order valence-electron chi connectivity index (χ2n) is 20.4. The molecule has 29 nitrogen and oxygen atoms in total. The van der Waals surface area contributed by atoms with E-state index in [1.54, 1.807) is 27.7 Å². The van der Waals surface area contributed by atoms with E-state index in [0.717, 1.165) is 0 Å². The van der Waals surface area contributed by atoms with Crippen LogP contribution < -0.4 is 82.3 Å². The van der Waals surface area contributed by atoms with Crippen molar-refractivity contribution >= 4 is 65.0 Å². The SMILES string of the molecule is CC[C@H](C)[C@H](NC(=O)[C@H](CCCN=C(N)N)NC(=O)[C@H](CCCCN)NC(=O)[C@H](CC(C)C)NC(=O)[C@H](COC)NC(=O)CN)C(=O)N[C@@H](CCCCN)C(=O)N[C@H](C(=O)N[C@@H](CC(C)C)C(=O)N[C@@H](COC)C(N)=O)[C@@H](C)O. The van der Waals surface area contributed by atoms with Crippen LogP contribution in [0.25, 0.3) is 0 Å². The Hall–Kier alpha value is -6.27. The molecular formula is C50H96N16O13. The molecule has 0 rings (SSSR count). The molecule has 0 unspecified atom stereocenters. The Bertz CT molecular complexity index is 1960. The molecule has 10 amide bonds. The van der Waals surface area contributed by atoms with E-state index < -0.39 is 132 Å². The summed E-state index contributed by atoms with van der Waals surface area (Å²) >= 11 is 0. The second kappa shape index (κ2) is 40.0. The Balaban J connectivity index is 6.98. The van der Waals surface area contributed by atoms with Gasteiger partial charge in [-0.05, 0) is 102 Å². The Morgan fingerprint density at radius 1 is 0.468 bits per heavy atom. The third kappa shape index (κ3) is 29.5. The minimum atomic E-state index is -1.66. The highest BCUT2D eigenvalue weighted by Crippen LogP contribution is 2.14. The molecule has 0 aliphatic rings. The molecular weight excluding hydrogens is 1030 g/mol. The highest BCUT2D eigenvalue weighted by molar-refractivity contribution is 5.98. The topological polar surface area (TPSA) is 486 Å². The smallest absolute Gasteiger partial charge is 0.245 e. The van der Waals surface area contributed by atoms with E-state index in [-0.39, 0.29) is 89.2 Å². The number of unbranched alkanes of at least 4 members (excludes halogenated alkanes) is 2. The summed E-state index contributed by atoms with van der Waals surface area (Å²) in [6.07, 6.45) is 0.716. The zero-order valence-electron chi connectivity index (χ0n) is 47.8. The van der Waals surface area contributed by atoms with E-state index in [1.165, 1.54) is 21.1 Å². The van der Waals surface area contributed by atoms with Crippen LogP contribution in [0.4, 0.5) is 0 Å². The summed E-state index contributed by atoms with van der Waals surface area (Å²) in [5.74, 6) is -9.14. The van der Waals surface area contributed by atoms with Crippen LogP contribution >= 0.6 is 0 Å². The summed E-state index contributed by atoms with van der Waals surface area (Å²) in [6, 6.07) is -11.8. The van der Waals surface area contributed by atoms with Crippen molar-refractivity contribution < 1.29 is 62.5 Å². The van der Waals surface area contributed by atoms with Crippen LogP contribution in [0.2, 0.25) is 0 Å². The van der Waals surface area contributed by atoms with Crippen molar-refractivity contribution in [3.63, 3.8) is 0 Å². The van der Waals surface area contributed by atoms with Crippen molar-refractivity contribution in [3.8, 4) is 0 Å². The first-order chi connectivity index (χ1) is 37.2. The predicted molar refractivity (Wildman–Crippen MR) is 295 cm³/mol. The molecule has 0 aromatic heterocycles. The zero-order valence-corrected chi connectivity index (χ0v) is 47.8. The molecule has 29 heteroatoms. The van der Waals surface area contributed by atoms with Crippen molar-refractivity contribution in [2.45, 2.75) is 180 Å². The van der Waals surface area contributed by atoms with Gasteiger partial charge in [-0.3, -0.25) is 52.9 Å². The molecule has 0 radical (unpaired) electrons. The lowest BCUT2D eigenvalue weighted by Crippen LogP contribution is -2.62. The molecule has 0 aromatic rings. The summed E-state index contributed by atoms with van der Waals surface area (Å²) in [5, 5.41) is 34.3. The van der Waals surface area contributed by atoms with E-state index >= 15 is 0 Å². The van der Waals surface area contributed by atoms with Gasteiger partial charge in [0.1, 0.15) is 54.4 Å². The molecule has 0 aliphatic heterocycles. The summed E-state index contributed by atoms with van der Waals surface area (Å²) in [5.41, 5.74) is 33.5. The minimum Gasteiger partial charge on any atom is -0.391 e. The Morgan fingerprint density at radius 2 is 0.835 bits per heavy atom. The van der Waals surface area contributed by atoms with Gasteiger partial charge in [-0.25, -0.2) is 0 Å². The number of nitrogens with two attached hydrogens (primary N) is 6. The Labute approximate surface area is 464 Å². The van der Waals surface area contributed by atoms with E-state index in [1.807, 2.05) is 13.8 Å². The number of aliphatic hydroxyl groups is 1. The molecule has 0 bridgehead atoms. The van der Waals surface area contributed by atoms with E-state index in [4.69, 9.17) is 43.9 Å². The minimum absolute atomic E-state index is 0.00247. The van der Waals surface area contributed by atoms with Gasteiger partial charge in [-0.2, -0.15) is 0 Å². The number of nitrogens with zero attached hydrogens (tertiary/aromatic N) is 1. The number of nitrogens with one attached hydrogen (secondary N) is 9. The van der Waals surface area contributed by atoms with Gasteiger partial charge in [0.05, 0.1) is 25.9 Å². The quantitative estimate of drug-likeness (QED) is 0.0154. The number of ether oxygens (including phenoxy) is 2. The van der Waals surface area contributed by atoms with Gasteiger partial charge in [0.25, 0.3) is 0 Å². The van der Waals surface area contributed by atoms with Crippen molar-refractivity contribution in [1.29, 1.82) is 0 Å². The number of aliphatic imine (C=N–C) groups is 1. The molecule has 0 aromatic carbocycles. The van der Waals surface area contributed by atoms with Gasteiger partial charge < -0.3 is 96.8 Å². The van der Waals surface area contributed by atoms with Crippen LogP contribution in [0.3, 0.4) is 0 Å². The maximum Gasteiger partial charge on any atom is 0.245 e. The first-order valence-corrected chi connectivity index (χ1v) is 27.0. The fraction of sp³-hybridized carbons (Fsp3) is 0.780. The van der Waals surface area contributed by atoms with Crippen LogP contribution in [0, 0.1) is 17.8 Å². The number of hydrogen-bond donors (Lipinski definition) is 16. The summed E-state index contributed by atoms with van der Waals surface area (Å²) < 4.78 is 10.1. The summed E-state index contributed by atoms with van der Waals surface area (Å²) in [4.78, 5) is 140. The van der Waals surface area contributed by atoms with Gasteiger partial charge in [-0.15, -0.1) is 0 Å². The monoisotopic (exact) mass is 1130 g/mol. The summed E-state index contributed by atoms with van der Waals surface area (Å²) in [6.45, 7) is 11.5. The maximum absolute atomic E-state index is 14.5. The van der Waals surface area contributed by atoms with E-state index in [2.05, 4.69) is 52.8 Å². The Morgan fingerprint density at radius 3 is 1.24 bits per heavy atom. The molecule has 0 heterocycles. The maximum atomic E-state index is 14.5. The van der Waals surface area contributed by atoms with Crippen molar-refractivity contribution in [3.05, 3.63) is 0 Å². The molecule has 0 saturated heterocycles. The Kier molecular flexibility index (Phi) is 36.8. The number of guanidine groups is 1. The fourth-order valence-electron chi connectivity index (χ4n) is 7.89. The highest BCUT2D eigenvalue weighted by atomic mass is 16.5. The van der Waals surface area contributed by atoms with Crippen LogP contribution in [0.1, 0.15) is 119 Å². The van der Waals surface area contributed by atoms with Crippen LogP contribution in [-0.2, 0) is 57.4 Å². The molecule has 454 valence electrons.